The molecular weight excluding hydrogens is 232 g/mol. The van der Waals surface area contributed by atoms with Crippen molar-refractivity contribution >= 4 is 23.0 Å². The van der Waals surface area contributed by atoms with Gasteiger partial charge in [0.15, 0.2) is 0 Å². The van der Waals surface area contributed by atoms with Crippen LogP contribution < -0.4 is 5.43 Å². The van der Waals surface area contributed by atoms with Crippen molar-refractivity contribution in [1.82, 2.24) is 5.43 Å². The van der Waals surface area contributed by atoms with Crippen molar-refractivity contribution in [2.75, 3.05) is 0 Å². The van der Waals surface area contributed by atoms with E-state index >= 15 is 0 Å². The van der Waals surface area contributed by atoms with E-state index in [1.807, 2.05) is 42.5 Å². The highest BCUT2D eigenvalue weighted by atomic mass is 16.4. The van der Waals surface area contributed by atoms with Crippen LogP contribution in [-0.4, -0.2) is 28.6 Å². The van der Waals surface area contributed by atoms with Gasteiger partial charge in [0, 0.05) is 0 Å². The zero-order valence-electron chi connectivity index (χ0n) is 9.45. The molecular formula is C13H12N2O3. The Kier molecular flexibility index (Phi) is 3.54. The minimum atomic E-state index is -1.69. The molecule has 0 radical (unpaired) electrons. The van der Waals surface area contributed by atoms with Gasteiger partial charge in [0.25, 0.3) is 0 Å². The summed E-state index contributed by atoms with van der Waals surface area (Å²) in [5.41, 5.74) is 2.92. The van der Waals surface area contributed by atoms with Crippen molar-refractivity contribution in [3.8, 4) is 0 Å². The van der Waals surface area contributed by atoms with Gasteiger partial charge in [0.05, 0.1) is 6.21 Å². The number of aliphatic carboxylic acids is 1. The molecule has 0 saturated carbocycles. The number of nitrogens with one attached hydrogen (secondary N) is 1. The van der Waals surface area contributed by atoms with Crippen LogP contribution in [0, 0.1) is 0 Å². The first-order valence-electron chi connectivity index (χ1n) is 5.35. The van der Waals surface area contributed by atoms with E-state index in [2.05, 4.69) is 10.5 Å². The highest BCUT2D eigenvalue weighted by molar-refractivity contribution is 5.90. The average molecular weight is 244 g/mol. The van der Waals surface area contributed by atoms with Gasteiger partial charge in [-0.25, -0.2) is 4.79 Å². The number of rotatable bonds is 4. The molecule has 0 heterocycles. The van der Waals surface area contributed by atoms with Crippen molar-refractivity contribution in [3.05, 3.63) is 48.0 Å². The molecule has 0 aromatic heterocycles. The Hall–Kier alpha value is -2.40. The van der Waals surface area contributed by atoms with Crippen LogP contribution in [-0.2, 0) is 4.79 Å². The molecule has 0 saturated heterocycles. The number of hydrogen-bond donors (Lipinski definition) is 3. The standard InChI is InChI=1S/C13H12N2O3/c16-12(13(17)18)15-14-8-9-5-6-10-3-1-2-4-11(10)7-9/h1-8,12,15-16H,(H,17,18)/b14-8+. The third-order valence-electron chi connectivity index (χ3n) is 2.42. The Balaban J connectivity index is 2.12. The number of carboxylic acid groups (broad SMARTS) is 1. The number of benzene rings is 2. The first kappa shape index (κ1) is 12.1. The van der Waals surface area contributed by atoms with E-state index < -0.39 is 12.2 Å². The van der Waals surface area contributed by atoms with Gasteiger partial charge in [0.1, 0.15) is 0 Å². The quantitative estimate of drug-likeness (QED) is 0.428. The summed E-state index contributed by atoms with van der Waals surface area (Å²) < 4.78 is 0. The second-order valence-electron chi connectivity index (χ2n) is 3.73. The predicted octanol–water partition coefficient (Wildman–Crippen LogP) is 1.17. The predicted molar refractivity (Wildman–Crippen MR) is 68.3 cm³/mol. The van der Waals surface area contributed by atoms with E-state index in [-0.39, 0.29) is 0 Å². The van der Waals surface area contributed by atoms with Crippen LogP contribution in [0.4, 0.5) is 0 Å². The molecule has 0 fully saturated rings. The molecule has 2 aromatic rings. The van der Waals surface area contributed by atoms with Gasteiger partial charge in [-0.1, -0.05) is 36.4 Å². The highest BCUT2D eigenvalue weighted by Gasteiger charge is 2.09. The van der Waals surface area contributed by atoms with Gasteiger partial charge in [-0.15, -0.1) is 0 Å². The minimum absolute atomic E-state index is 0.818. The second-order valence-corrected chi connectivity index (χ2v) is 3.73. The largest absolute Gasteiger partial charge is 0.478 e. The van der Waals surface area contributed by atoms with E-state index in [9.17, 15) is 4.79 Å². The summed E-state index contributed by atoms with van der Waals surface area (Å²) in [5.74, 6) is -1.37. The molecule has 2 rings (SSSR count). The van der Waals surface area contributed by atoms with Crippen molar-refractivity contribution in [2.45, 2.75) is 6.23 Å². The maximum Gasteiger partial charge on any atom is 0.355 e. The summed E-state index contributed by atoms with van der Waals surface area (Å²) in [6.07, 6.45) is -0.236. The average Bonchev–Trinajstić information content (AvgIpc) is 2.38. The Morgan fingerprint density at radius 3 is 2.67 bits per heavy atom. The Bertz CT molecular complexity index is 596. The fourth-order valence-corrected chi connectivity index (χ4v) is 1.53. The molecule has 0 aliphatic heterocycles. The smallest absolute Gasteiger partial charge is 0.355 e. The van der Waals surface area contributed by atoms with Crippen LogP contribution in [0.25, 0.3) is 10.8 Å². The molecule has 92 valence electrons. The zero-order valence-corrected chi connectivity index (χ0v) is 9.45. The molecule has 0 aliphatic carbocycles. The molecule has 3 N–H and O–H groups in total. The molecule has 18 heavy (non-hydrogen) atoms. The number of carbonyl (C=O) groups is 1. The van der Waals surface area contributed by atoms with Crippen LogP contribution in [0.5, 0.6) is 0 Å². The third kappa shape index (κ3) is 2.83. The molecule has 0 bridgehead atoms. The number of nitrogens with zero attached hydrogens (tertiary/aromatic N) is 1. The van der Waals surface area contributed by atoms with E-state index in [4.69, 9.17) is 10.2 Å². The highest BCUT2D eigenvalue weighted by Crippen LogP contribution is 2.14. The van der Waals surface area contributed by atoms with Crippen molar-refractivity contribution in [1.29, 1.82) is 0 Å². The molecule has 5 nitrogen and oxygen atoms in total. The van der Waals surface area contributed by atoms with E-state index in [1.54, 1.807) is 0 Å². The van der Waals surface area contributed by atoms with E-state index in [0.29, 0.717) is 0 Å². The summed E-state index contributed by atoms with van der Waals surface area (Å²) in [6.45, 7) is 0. The first-order chi connectivity index (χ1) is 8.66. The van der Waals surface area contributed by atoms with Crippen molar-refractivity contribution in [3.63, 3.8) is 0 Å². The number of carboxylic acids is 1. The zero-order chi connectivity index (χ0) is 13.0. The lowest BCUT2D eigenvalue weighted by atomic mass is 10.1. The van der Waals surface area contributed by atoms with Crippen molar-refractivity contribution < 1.29 is 15.0 Å². The summed E-state index contributed by atoms with van der Waals surface area (Å²) in [4.78, 5) is 10.3. The lowest BCUT2D eigenvalue weighted by molar-refractivity contribution is -0.148. The van der Waals surface area contributed by atoms with Gasteiger partial charge in [-0.3, -0.25) is 5.43 Å². The number of hydrazone groups is 1. The normalized spacial score (nSPS) is 12.7. The molecule has 2 aromatic carbocycles. The van der Waals surface area contributed by atoms with Crippen LogP contribution in [0.1, 0.15) is 5.56 Å². The number of aliphatic hydroxyl groups excluding tert-OH is 1. The second kappa shape index (κ2) is 5.29. The third-order valence-corrected chi connectivity index (χ3v) is 2.42. The number of hydrogen-bond acceptors (Lipinski definition) is 4. The van der Waals surface area contributed by atoms with Gasteiger partial charge in [0.2, 0.25) is 6.23 Å². The van der Waals surface area contributed by atoms with Gasteiger partial charge >= 0.3 is 5.97 Å². The molecule has 0 amide bonds. The SMILES string of the molecule is O=C(O)C(O)N/N=C/c1ccc2ccccc2c1. The van der Waals surface area contributed by atoms with Crippen LogP contribution in [0.3, 0.4) is 0 Å². The maximum absolute atomic E-state index is 10.3. The Labute approximate surface area is 103 Å². The molecule has 0 aliphatic rings. The summed E-state index contributed by atoms with van der Waals surface area (Å²) in [7, 11) is 0. The van der Waals surface area contributed by atoms with Crippen LogP contribution in [0.15, 0.2) is 47.6 Å². The fourth-order valence-electron chi connectivity index (χ4n) is 1.53. The van der Waals surface area contributed by atoms with Crippen molar-refractivity contribution in [2.24, 2.45) is 5.10 Å². The number of fused-ring (bicyclic) bond motifs is 1. The maximum atomic E-state index is 10.3. The summed E-state index contributed by atoms with van der Waals surface area (Å²) >= 11 is 0. The van der Waals surface area contributed by atoms with Gasteiger partial charge in [-0.05, 0) is 22.4 Å². The van der Waals surface area contributed by atoms with Gasteiger partial charge in [-0.2, -0.15) is 5.10 Å². The summed E-state index contributed by atoms with van der Waals surface area (Å²) in [5, 5.41) is 23.2. The van der Waals surface area contributed by atoms with Crippen LogP contribution >= 0.6 is 0 Å². The Morgan fingerprint density at radius 2 is 1.94 bits per heavy atom. The topological polar surface area (TPSA) is 81.9 Å². The molecule has 1 unspecified atom stereocenters. The first-order valence-corrected chi connectivity index (χ1v) is 5.35. The van der Waals surface area contributed by atoms with E-state index in [0.717, 1.165) is 16.3 Å². The molecule has 0 spiro atoms. The van der Waals surface area contributed by atoms with Crippen LogP contribution in [0.2, 0.25) is 0 Å². The molecule has 5 heteroatoms. The fraction of sp³-hybridized carbons (Fsp3) is 0.0769. The lowest BCUT2D eigenvalue weighted by Crippen LogP contribution is -2.32. The minimum Gasteiger partial charge on any atom is -0.478 e. The number of aliphatic hydroxyl groups is 1. The summed E-state index contributed by atoms with van der Waals surface area (Å²) in [6, 6.07) is 13.6. The van der Waals surface area contributed by atoms with E-state index in [1.165, 1.54) is 6.21 Å². The monoisotopic (exact) mass is 244 g/mol. The lowest BCUT2D eigenvalue weighted by Gasteiger charge is -2.03. The van der Waals surface area contributed by atoms with Gasteiger partial charge < -0.3 is 10.2 Å². The Morgan fingerprint density at radius 1 is 1.22 bits per heavy atom. The molecule has 1 atom stereocenters.